The van der Waals surface area contributed by atoms with Gasteiger partial charge in [0.25, 0.3) is 0 Å². The summed E-state index contributed by atoms with van der Waals surface area (Å²) in [6.07, 6.45) is 9.53. The van der Waals surface area contributed by atoms with Crippen molar-refractivity contribution in [1.82, 2.24) is 4.90 Å². The van der Waals surface area contributed by atoms with Crippen LogP contribution in [0.25, 0.3) is 0 Å². The predicted molar refractivity (Wildman–Crippen MR) is 83.8 cm³/mol. The highest BCUT2D eigenvalue weighted by Crippen LogP contribution is 2.48. The van der Waals surface area contributed by atoms with Crippen LogP contribution in [0.2, 0.25) is 0 Å². The zero-order valence-corrected chi connectivity index (χ0v) is 13.6. The van der Waals surface area contributed by atoms with Crippen molar-refractivity contribution in [3.8, 4) is 0 Å². The van der Waals surface area contributed by atoms with E-state index in [0.29, 0.717) is 17.7 Å². The Morgan fingerprint density at radius 1 is 1.00 bits per heavy atom. The third-order valence-electron chi connectivity index (χ3n) is 6.66. The lowest BCUT2D eigenvalue weighted by molar-refractivity contribution is -0.121. The van der Waals surface area contributed by atoms with Gasteiger partial charge in [-0.1, -0.05) is 13.3 Å². The van der Waals surface area contributed by atoms with Crippen LogP contribution in [-0.2, 0) is 4.79 Å². The van der Waals surface area contributed by atoms with Crippen molar-refractivity contribution in [1.29, 1.82) is 0 Å². The molecule has 1 saturated heterocycles. The van der Waals surface area contributed by atoms with Crippen molar-refractivity contribution in [3.05, 3.63) is 0 Å². The minimum absolute atomic E-state index is 0.238. The molecule has 2 aliphatic carbocycles. The molecule has 3 aliphatic rings. The van der Waals surface area contributed by atoms with Crippen LogP contribution in [0, 0.1) is 23.7 Å². The second kappa shape index (κ2) is 6.37. The van der Waals surface area contributed by atoms with Crippen molar-refractivity contribution in [2.45, 2.75) is 77.0 Å². The van der Waals surface area contributed by atoms with Gasteiger partial charge in [0.15, 0.2) is 0 Å². The lowest BCUT2D eigenvalue weighted by Crippen LogP contribution is -2.54. The first kappa shape index (κ1) is 15.5. The quantitative estimate of drug-likeness (QED) is 0.745. The maximum absolute atomic E-state index is 12.0. The molecule has 3 heteroatoms. The summed E-state index contributed by atoms with van der Waals surface area (Å²) in [4.78, 5) is 14.2. The first-order valence-electron chi connectivity index (χ1n) is 8.99. The standard InChI is InChI=1S/C18H31NO2/c1-12-11-13(20)5-3-4-6-15-14(12)7-9-17-16(15)8-10-18(21)19(17)2/h12,14-18,21H,3-11H2,1-2H3/t12?,14?,15?,16-,17-,18?/m1/s1. The highest BCUT2D eigenvalue weighted by molar-refractivity contribution is 5.78. The Hall–Kier alpha value is -0.410. The average Bonchev–Trinajstić information content (AvgIpc) is 2.53. The summed E-state index contributed by atoms with van der Waals surface area (Å²) in [6.45, 7) is 2.31. The lowest BCUT2D eigenvalue weighted by Gasteiger charge is -2.52. The molecule has 3 fully saturated rings. The Labute approximate surface area is 129 Å². The molecular weight excluding hydrogens is 262 g/mol. The van der Waals surface area contributed by atoms with Crippen LogP contribution in [0.3, 0.4) is 0 Å². The third kappa shape index (κ3) is 3.05. The summed E-state index contributed by atoms with van der Waals surface area (Å²) in [7, 11) is 2.10. The van der Waals surface area contributed by atoms with Gasteiger partial charge in [0.05, 0.1) is 0 Å². The van der Waals surface area contributed by atoms with E-state index in [-0.39, 0.29) is 6.23 Å². The monoisotopic (exact) mass is 293 g/mol. The number of ketones is 1. The van der Waals surface area contributed by atoms with Crippen molar-refractivity contribution >= 4 is 5.78 Å². The highest BCUT2D eigenvalue weighted by atomic mass is 16.3. The number of fused-ring (bicyclic) bond motifs is 3. The number of likely N-dealkylation sites (tertiary alicyclic amines) is 1. The van der Waals surface area contributed by atoms with Gasteiger partial charge in [-0.2, -0.15) is 0 Å². The van der Waals surface area contributed by atoms with Gasteiger partial charge in [0, 0.05) is 18.9 Å². The molecule has 1 heterocycles. The van der Waals surface area contributed by atoms with Crippen LogP contribution in [0.4, 0.5) is 0 Å². The molecular formula is C18H31NO2. The van der Waals surface area contributed by atoms with E-state index >= 15 is 0 Å². The smallest absolute Gasteiger partial charge is 0.133 e. The van der Waals surface area contributed by atoms with E-state index in [1.807, 2.05) is 0 Å². The largest absolute Gasteiger partial charge is 0.378 e. The first-order valence-corrected chi connectivity index (χ1v) is 8.99. The van der Waals surface area contributed by atoms with Crippen molar-refractivity contribution < 1.29 is 9.90 Å². The molecule has 3 rings (SSSR count). The molecule has 0 radical (unpaired) electrons. The van der Waals surface area contributed by atoms with Gasteiger partial charge < -0.3 is 5.11 Å². The van der Waals surface area contributed by atoms with Gasteiger partial charge in [0.2, 0.25) is 0 Å². The van der Waals surface area contributed by atoms with E-state index in [0.717, 1.165) is 43.4 Å². The number of aliphatic hydroxyl groups is 1. The summed E-state index contributed by atoms with van der Waals surface area (Å²) in [5.41, 5.74) is 0. The Bertz CT molecular complexity index is 383. The van der Waals surface area contributed by atoms with Crippen LogP contribution in [0.15, 0.2) is 0 Å². The van der Waals surface area contributed by atoms with E-state index in [2.05, 4.69) is 18.9 Å². The molecule has 0 bridgehead atoms. The molecule has 4 unspecified atom stereocenters. The van der Waals surface area contributed by atoms with Gasteiger partial charge in [0.1, 0.15) is 12.0 Å². The minimum atomic E-state index is -0.238. The number of carbonyl (C=O) groups is 1. The van der Waals surface area contributed by atoms with Crippen LogP contribution in [-0.4, -0.2) is 35.1 Å². The second-order valence-corrected chi connectivity index (χ2v) is 7.83. The number of Topliss-reactive ketones (excluding diaryl/α,β-unsaturated/α-hetero) is 1. The zero-order chi connectivity index (χ0) is 15.0. The van der Waals surface area contributed by atoms with Crippen molar-refractivity contribution in [2.75, 3.05) is 7.05 Å². The molecule has 0 aromatic rings. The molecule has 2 saturated carbocycles. The van der Waals surface area contributed by atoms with Crippen LogP contribution < -0.4 is 0 Å². The van der Waals surface area contributed by atoms with E-state index < -0.39 is 0 Å². The van der Waals surface area contributed by atoms with Gasteiger partial charge >= 0.3 is 0 Å². The number of aliphatic hydroxyl groups excluding tert-OH is 1. The fraction of sp³-hybridized carbons (Fsp3) is 0.944. The van der Waals surface area contributed by atoms with Crippen LogP contribution >= 0.6 is 0 Å². The molecule has 1 N–H and O–H groups in total. The number of piperidine rings is 1. The van der Waals surface area contributed by atoms with Gasteiger partial charge in [-0.15, -0.1) is 0 Å². The van der Waals surface area contributed by atoms with Gasteiger partial charge in [-0.3, -0.25) is 9.69 Å². The summed E-state index contributed by atoms with van der Waals surface area (Å²) < 4.78 is 0. The maximum atomic E-state index is 12.0. The van der Waals surface area contributed by atoms with E-state index in [4.69, 9.17) is 0 Å². The fourth-order valence-electron chi connectivity index (χ4n) is 5.52. The number of rotatable bonds is 0. The Balaban J connectivity index is 1.79. The second-order valence-electron chi connectivity index (χ2n) is 7.83. The van der Waals surface area contributed by atoms with E-state index in [1.54, 1.807) is 0 Å². The number of hydrogen-bond acceptors (Lipinski definition) is 3. The molecule has 0 spiro atoms. The summed E-state index contributed by atoms with van der Waals surface area (Å²) >= 11 is 0. The average molecular weight is 293 g/mol. The van der Waals surface area contributed by atoms with E-state index in [1.165, 1.54) is 32.1 Å². The van der Waals surface area contributed by atoms with Crippen molar-refractivity contribution in [2.24, 2.45) is 23.7 Å². The molecule has 6 atom stereocenters. The minimum Gasteiger partial charge on any atom is -0.378 e. The summed E-state index contributed by atoms with van der Waals surface area (Å²) in [5.74, 6) is 3.30. The van der Waals surface area contributed by atoms with Crippen LogP contribution in [0.5, 0.6) is 0 Å². The first-order chi connectivity index (χ1) is 10.1. The maximum Gasteiger partial charge on any atom is 0.133 e. The Morgan fingerprint density at radius 2 is 1.76 bits per heavy atom. The van der Waals surface area contributed by atoms with Crippen LogP contribution in [0.1, 0.15) is 64.7 Å². The SMILES string of the molecule is CC1CC(=O)CCCCC2C1CC[C@@H]1[C@@H]2CCC(O)N1C. The topological polar surface area (TPSA) is 40.5 Å². The Kier molecular flexibility index (Phi) is 4.70. The summed E-state index contributed by atoms with van der Waals surface area (Å²) in [6, 6.07) is 0.568. The molecule has 0 aromatic heterocycles. The fourth-order valence-corrected chi connectivity index (χ4v) is 5.52. The molecule has 3 nitrogen and oxygen atoms in total. The van der Waals surface area contributed by atoms with E-state index in [9.17, 15) is 9.90 Å². The van der Waals surface area contributed by atoms with Gasteiger partial charge in [-0.25, -0.2) is 0 Å². The molecule has 0 aromatic carbocycles. The van der Waals surface area contributed by atoms with Crippen molar-refractivity contribution in [3.63, 3.8) is 0 Å². The molecule has 120 valence electrons. The molecule has 21 heavy (non-hydrogen) atoms. The summed E-state index contributed by atoms with van der Waals surface area (Å²) in [5, 5.41) is 10.1. The molecule has 0 amide bonds. The third-order valence-corrected chi connectivity index (χ3v) is 6.66. The zero-order valence-electron chi connectivity index (χ0n) is 13.6. The number of nitrogens with zero attached hydrogens (tertiary/aromatic N) is 1. The number of carbonyl (C=O) groups excluding carboxylic acids is 1. The Morgan fingerprint density at radius 3 is 2.57 bits per heavy atom. The number of hydrogen-bond donors (Lipinski definition) is 1. The lowest BCUT2D eigenvalue weighted by atomic mass is 9.61. The molecule has 1 aliphatic heterocycles. The predicted octanol–water partition coefficient (Wildman–Crippen LogP) is 3.21. The normalized spacial score (nSPS) is 46.0. The highest BCUT2D eigenvalue weighted by Gasteiger charge is 2.45. The van der Waals surface area contributed by atoms with Gasteiger partial charge in [-0.05, 0) is 69.2 Å².